The summed E-state index contributed by atoms with van der Waals surface area (Å²) < 4.78 is 0. The molecule has 0 aromatic heterocycles. The van der Waals surface area contributed by atoms with Gasteiger partial charge in [0.05, 0.1) is 0 Å². The van der Waals surface area contributed by atoms with Gasteiger partial charge in [-0.1, -0.05) is 35.9 Å². The molecule has 0 heterocycles. The SMILES string of the molecule is CCN(/C=C(/C#N)C(=O)Nc1c(C)cc(C)cc1C)c1ccccc1. The summed E-state index contributed by atoms with van der Waals surface area (Å²) in [5.74, 6) is -0.396. The van der Waals surface area contributed by atoms with E-state index in [1.807, 2.05) is 81.1 Å². The molecule has 0 bridgehead atoms. The largest absolute Gasteiger partial charge is 0.347 e. The zero-order chi connectivity index (χ0) is 18.4. The number of para-hydroxylation sites is 1. The third-order valence-electron chi connectivity index (χ3n) is 3.99. The number of anilines is 2. The molecule has 0 fully saturated rings. The van der Waals surface area contributed by atoms with E-state index in [4.69, 9.17) is 0 Å². The topological polar surface area (TPSA) is 56.1 Å². The van der Waals surface area contributed by atoms with Gasteiger partial charge >= 0.3 is 0 Å². The van der Waals surface area contributed by atoms with Crippen LogP contribution in [0.1, 0.15) is 23.6 Å². The predicted molar refractivity (Wildman–Crippen MR) is 102 cm³/mol. The average Bonchev–Trinajstić information content (AvgIpc) is 2.59. The van der Waals surface area contributed by atoms with Gasteiger partial charge in [-0.3, -0.25) is 4.79 Å². The lowest BCUT2D eigenvalue weighted by atomic mass is 10.0. The number of benzene rings is 2. The van der Waals surface area contributed by atoms with Crippen molar-refractivity contribution in [3.63, 3.8) is 0 Å². The maximum Gasteiger partial charge on any atom is 0.267 e. The van der Waals surface area contributed by atoms with Crippen LogP contribution in [0.3, 0.4) is 0 Å². The number of aryl methyl sites for hydroxylation is 3. The summed E-state index contributed by atoms with van der Waals surface area (Å²) in [7, 11) is 0. The number of carbonyl (C=O) groups excluding carboxylic acids is 1. The molecule has 0 aliphatic carbocycles. The molecule has 25 heavy (non-hydrogen) atoms. The van der Waals surface area contributed by atoms with Crippen LogP contribution < -0.4 is 10.2 Å². The summed E-state index contributed by atoms with van der Waals surface area (Å²) in [4.78, 5) is 14.5. The van der Waals surface area contributed by atoms with Crippen molar-refractivity contribution in [3.8, 4) is 6.07 Å². The first-order chi connectivity index (χ1) is 12.0. The van der Waals surface area contributed by atoms with Crippen LogP contribution >= 0.6 is 0 Å². The Morgan fingerprint density at radius 2 is 1.76 bits per heavy atom. The van der Waals surface area contributed by atoms with Gasteiger partial charge in [-0.2, -0.15) is 5.26 Å². The molecule has 4 nitrogen and oxygen atoms in total. The van der Waals surface area contributed by atoms with E-state index < -0.39 is 5.91 Å². The molecule has 0 radical (unpaired) electrons. The summed E-state index contributed by atoms with van der Waals surface area (Å²) >= 11 is 0. The second-order valence-corrected chi connectivity index (χ2v) is 6.00. The molecule has 0 spiro atoms. The molecule has 0 aliphatic heterocycles. The molecule has 4 heteroatoms. The molecule has 0 unspecified atom stereocenters. The van der Waals surface area contributed by atoms with Crippen molar-refractivity contribution in [2.24, 2.45) is 0 Å². The normalized spacial score (nSPS) is 10.9. The van der Waals surface area contributed by atoms with Crippen LogP contribution in [0.2, 0.25) is 0 Å². The quantitative estimate of drug-likeness (QED) is 0.648. The van der Waals surface area contributed by atoms with E-state index in [1.165, 1.54) is 0 Å². The highest BCUT2D eigenvalue weighted by molar-refractivity contribution is 6.07. The van der Waals surface area contributed by atoms with E-state index in [0.29, 0.717) is 6.54 Å². The van der Waals surface area contributed by atoms with Gasteiger partial charge in [0.1, 0.15) is 11.6 Å². The van der Waals surface area contributed by atoms with Crippen LogP contribution in [-0.4, -0.2) is 12.5 Å². The fraction of sp³-hybridized carbons (Fsp3) is 0.238. The van der Waals surface area contributed by atoms with Crippen LogP contribution in [0, 0.1) is 32.1 Å². The number of nitrogens with zero attached hydrogens (tertiary/aromatic N) is 2. The van der Waals surface area contributed by atoms with Gasteiger partial charge in [0.25, 0.3) is 5.91 Å². The Morgan fingerprint density at radius 3 is 2.28 bits per heavy atom. The van der Waals surface area contributed by atoms with E-state index >= 15 is 0 Å². The van der Waals surface area contributed by atoms with Gasteiger partial charge in [-0.15, -0.1) is 0 Å². The summed E-state index contributed by atoms with van der Waals surface area (Å²) in [6, 6.07) is 15.7. The van der Waals surface area contributed by atoms with Crippen LogP contribution in [0.5, 0.6) is 0 Å². The second-order valence-electron chi connectivity index (χ2n) is 6.00. The smallest absolute Gasteiger partial charge is 0.267 e. The number of rotatable bonds is 5. The van der Waals surface area contributed by atoms with Gasteiger partial charge in [0.15, 0.2) is 0 Å². The molecule has 1 N–H and O–H groups in total. The molecule has 0 atom stereocenters. The highest BCUT2D eigenvalue weighted by Gasteiger charge is 2.14. The standard InChI is InChI=1S/C21H23N3O/c1-5-24(19-9-7-6-8-10-19)14-18(13-22)21(25)23-20-16(3)11-15(2)12-17(20)4/h6-12,14H,5H2,1-4H3,(H,23,25)/b18-14-. The lowest BCUT2D eigenvalue weighted by molar-refractivity contribution is -0.112. The summed E-state index contributed by atoms with van der Waals surface area (Å²) in [5, 5.41) is 12.3. The van der Waals surface area contributed by atoms with Gasteiger partial charge in [-0.25, -0.2) is 0 Å². The molecule has 1 amide bonds. The molecule has 128 valence electrons. The van der Waals surface area contributed by atoms with E-state index in [1.54, 1.807) is 6.20 Å². The molecule has 2 aromatic rings. The number of carbonyl (C=O) groups is 1. The maximum absolute atomic E-state index is 12.6. The lowest BCUT2D eigenvalue weighted by Gasteiger charge is -2.19. The third kappa shape index (κ3) is 4.48. The van der Waals surface area contributed by atoms with Crippen LogP contribution in [-0.2, 0) is 4.79 Å². The third-order valence-corrected chi connectivity index (χ3v) is 3.99. The predicted octanol–water partition coefficient (Wildman–Crippen LogP) is 4.48. The Balaban J connectivity index is 2.28. The fourth-order valence-electron chi connectivity index (χ4n) is 2.82. The lowest BCUT2D eigenvalue weighted by Crippen LogP contribution is -2.21. The minimum Gasteiger partial charge on any atom is -0.347 e. The Morgan fingerprint density at radius 1 is 1.16 bits per heavy atom. The minimum absolute atomic E-state index is 0.0741. The highest BCUT2D eigenvalue weighted by Crippen LogP contribution is 2.23. The first kappa shape index (κ1) is 18.3. The van der Waals surface area contributed by atoms with Crippen molar-refractivity contribution < 1.29 is 4.79 Å². The molecule has 0 aliphatic rings. The Kier molecular flexibility index (Phi) is 5.97. The zero-order valence-electron chi connectivity index (χ0n) is 15.1. The van der Waals surface area contributed by atoms with Crippen molar-refractivity contribution in [2.45, 2.75) is 27.7 Å². The van der Waals surface area contributed by atoms with E-state index in [9.17, 15) is 10.1 Å². The fourth-order valence-corrected chi connectivity index (χ4v) is 2.82. The van der Waals surface area contributed by atoms with E-state index in [2.05, 4.69) is 5.32 Å². The van der Waals surface area contributed by atoms with Crippen molar-refractivity contribution in [2.75, 3.05) is 16.8 Å². The van der Waals surface area contributed by atoms with Crippen molar-refractivity contribution in [1.29, 1.82) is 5.26 Å². The number of hydrogen-bond acceptors (Lipinski definition) is 3. The average molecular weight is 333 g/mol. The Hall–Kier alpha value is -3.06. The molecule has 0 saturated carbocycles. The van der Waals surface area contributed by atoms with Crippen LogP contribution in [0.4, 0.5) is 11.4 Å². The zero-order valence-corrected chi connectivity index (χ0v) is 15.1. The van der Waals surface area contributed by atoms with Gasteiger partial charge in [0.2, 0.25) is 0 Å². The van der Waals surface area contributed by atoms with Crippen molar-refractivity contribution in [3.05, 3.63) is 70.9 Å². The number of hydrogen-bond donors (Lipinski definition) is 1. The number of amides is 1. The van der Waals surface area contributed by atoms with Gasteiger partial charge < -0.3 is 10.2 Å². The first-order valence-electron chi connectivity index (χ1n) is 8.29. The Bertz CT molecular complexity index is 809. The summed E-state index contributed by atoms with van der Waals surface area (Å²) in [6.07, 6.45) is 1.60. The molecule has 0 saturated heterocycles. The molecular formula is C21H23N3O. The van der Waals surface area contributed by atoms with E-state index in [0.717, 1.165) is 28.1 Å². The Labute approximate surface area is 149 Å². The molecule has 2 rings (SSSR count). The molecular weight excluding hydrogens is 310 g/mol. The first-order valence-corrected chi connectivity index (χ1v) is 8.29. The van der Waals surface area contributed by atoms with Crippen molar-refractivity contribution >= 4 is 17.3 Å². The highest BCUT2D eigenvalue weighted by atomic mass is 16.1. The number of nitrogens with one attached hydrogen (secondary N) is 1. The summed E-state index contributed by atoms with van der Waals surface area (Å²) in [5.41, 5.74) is 4.89. The van der Waals surface area contributed by atoms with E-state index in [-0.39, 0.29) is 5.57 Å². The molecule has 2 aromatic carbocycles. The van der Waals surface area contributed by atoms with Crippen LogP contribution in [0.15, 0.2) is 54.2 Å². The summed E-state index contributed by atoms with van der Waals surface area (Å²) in [6.45, 7) is 8.56. The minimum atomic E-state index is -0.396. The van der Waals surface area contributed by atoms with Gasteiger partial charge in [-0.05, 0) is 51.0 Å². The monoisotopic (exact) mass is 333 g/mol. The van der Waals surface area contributed by atoms with Crippen LogP contribution in [0.25, 0.3) is 0 Å². The maximum atomic E-state index is 12.6. The van der Waals surface area contributed by atoms with Gasteiger partial charge in [0, 0.05) is 24.1 Å². The number of nitriles is 1. The van der Waals surface area contributed by atoms with Crippen molar-refractivity contribution in [1.82, 2.24) is 0 Å². The second kappa shape index (κ2) is 8.16.